The van der Waals surface area contributed by atoms with Gasteiger partial charge in [0, 0.05) is 31.9 Å². The van der Waals surface area contributed by atoms with Crippen LogP contribution in [0.1, 0.15) is 36.2 Å². The molecule has 0 spiro atoms. The van der Waals surface area contributed by atoms with Crippen LogP contribution >= 0.6 is 0 Å². The van der Waals surface area contributed by atoms with Crippen LogP contribution in [0.2, 0.25) is 0 Å². The minimum absolute atomic E-state index is 0.416. The van der Waals surface area contributed by atoms with Crippen molar-refractivity contribution in [2.75, 3.05) is 6.61 Å². The van der Waals surface area contributed by atoms with Crippen molar-refractivity contribution < 1.29 is 4.74 Å². The molecule has 0 aromatic carbocycles. The van der Waals surface area contributed by atoms with E-state index in [1.165, 1.54) is 24.1 Å². The monoisotopic (exact) mass is 259 g/mol. The summed E-state index contributed by atoms with van der Waals surface area (Å²) in [6, 6.07) is 4.71. The zero-order chi connectivity index (χ0) is 13.4. The van der Waals surface area contributed by atoms with Gasteiger partial charge in [-0.1, -0.05) is 0 Å². The third-order valence-electron chi connectivity index (χ3n) is 4.53. The number of hydrogen-bond acceptors (Lipinski definition) is 3. The molecule has 102 valence electrons. The Kier molecular flexibility index (Phi) is 3.34. The first-order chi connectivity index (χ1) is 9.20. The molecule has 1 saturated carbocycles. The van der Waals surface area contributed by atoms with Gasteiger partial charge in [0.25, 0.3) is 0 Å². The molecular formula is C15H21N3O. The van der Waals surface area contributed by atoms with E-state index in [-0.39, 0.29) is 0 Å². The quantitative estimate of drug-likeness (QED) is 0.898. The highest BCUT2D eigenvalue weighted by Gasteiger charge is 2.40. The number of nitriles is 1. The number of ether oxygens (including phenoxy) is 1. The summed E-state index contributed by atoms with van der Waals surface area (Å²) in [5.41, 5.74) is 3.13. The number of rotatable bonds is 4. The second-order valence-corrected chi connectivity index (χ2v) is 5.76. The van der Waals surface area contributed by atoms with E-state index < -0.39 is 0 Å². The van der Waals surface area contributed by atoms with E-state index in [1.807, 2.05) is 17.7 Å². The van der Waals surface area contributed by atoms with E-state index >= 15 is 0 Å². The molecule has 2 aliphatic rings. The van der Waals surface area contributed by atoms with Gasteiger partial charge in [-0.3, -0.25) is 0 Å². The molecule has 1 saturated heterocycles. The molecule has 2 unspecified atom stereocenters. The van der Waals surface area contributed by atoms with Crippen molar-refractivity contribution in [2.24, 2.45) is 13.0 Å². The van der Waals surface area contributed by atoms with E-state index in [0.717, 1.165) is 31.2 Å². The molecule has 1 aliphatic carbocycles. The lowest BCUT2D eigenvalue weighted by molar-refractivity contribution is 0.0808. The first-order valence-electron chi connectivity index (χ1n) is 7.11. The van der Waals surface area contributed by atoms with E-state index in [0.29, 0.717) is 12.1 Å². The van der Waals surface area contributed by atoms with Crippen LogP contribution in [-0.2, 0) is 18.3 Å². The number of nitrogens with zero attached hydrogens (tertiary/aromatic N) is 2. The molecule has 4 nitrogen and oxygen atoms in total. The van der Waals surface area contributed by atoms with Crippen molar-refractivity contribution in [1.29, 1.82) is 5.26 Å². The van der Waals surface area contributed by atoms with Crippen molar-refractivity contribution >= 4 is 0 Å². The van der Waals surface area contributed by atoms with Crippen LogP contribution < -0.4 is 5.32 Å². The number of aromatic nitrogens is 1. The Morgan fingerprint density at radius 2 is 2.26 bits per heavy atom. The first-order valence-corrected chi connectivity index (χ1v) is 7.11. The van der Waals surface area contributed by atoms with Gasteiger partial charge in [0.05, 0.1) is 6.10 Å². The average Bonchev–Trinajstić information content (AvgIpc) is 3.10. The van der Waals surface area contributed by atoms with Gasteiger partial charge in [-0.15, -0.1) is 0 Å². The first kappa shape index (κ1) is 12.7. The summed E-state index contributed by atoms with van der Waals surface area (Å²) < 4.78 is 7.80. The molecule has 0 bridgehead atoms. The highest BCUT2D eigenvalue weighted by molar-refractivity contribution is 5.34. The van der Waals surface area contributed by atoms with Crippen molar-refractivity contribution in [3.8, 4) is 6.07 Å². The molecule has 1 N–H and O–H groups in total. The molecule has 2 atom stereocenters. The highest BCUT2D eigenvalue weighted by Crippen LogP contribution is 2.38. The Balaban J connectivity index is 1.64. The van der Waals surface area contributed by atoms with Gasteiger partial charge in [0.2, 0.25) is 0 Å². The Bertz CT molecular complexity index is 510. The smallest absolute Gasteiger partial charge is 0.120 e. The SMILES string of the molecule is Cc1c(CNC2CCOC2C2CC2)cc(C#N)n1C. The third-order valence-corrected chi connectivity index (χ3v) is 4.53. The van der Waals surface area contributed by atoms with Crippen molar-refractivity contribution in [1.82, 2.24) is 9.88 Å². The van der Waals surface area contributed by atoms with Crippen LogP contribution in [0.25, 0.3) is 0 Å². The fraction of sp³-hybridized carbons (Fsp3) is 0.667. The summed E-state index contributed by atoms with van der Waals surface area (Å²) in [6.07, 6.45) is 4.18. The fourth-order valence-corrected chi connectivity index (χ4v) is 3.01. The molecule has 2 heterocycles. The lowest BCUT2D eigenvalue weighted by atomic mass is 10.1. The Labute approximate surface area is 114 Å². The van der Waals surface area contributed by atoms with Gasteiger partial charge in [-0.25, -0.2) is 0 Å². The van der Waals surface area contributed by atoms with E-state index in [1.54, 1.807) is 0 Å². The van der Waals surface area contributed by atoms with Gasteiger partial charge < -0.3 is 14.6 Å². The van der Waals surface area contributed by atoms with Gasteiger partial charge in [-0.2, -0.15) is 5.26 Å². The highest BCUT2D eigenvalue weighted by atomic mass is 16.5. The Hall–Kier alpha value is -1.31. The van der Waals surface area contributed by atoms with Crippen LogP contribution in [0.3, 0.4) is 0 Å². The molecule has 2 fully saturated rings. The van der Waals surface area contributed by atoms with Crippen LogP contribution in [0.4, 0.5) is 0 Å². The van der Waals surface area contributed by atoms with E-state index in [4.69, 9.17) is 10.00 Å². The summed E-state index contributed by atoms with van der Waals surface area (Å²) in [7, 11) is 1.95. The Morgan fingerprint density at radius 3 is 2.89 bits per heavy atom. The second kappa shape index (κ2) is 4.99. The van der Waals surface area contributed by atoms with Gasteiger partial charge in [0.15, 0.2) is 0 Å². The second-order valence-electron chi connectivity index (χ2n) is 5.76. The maximum Gasteiger partial charge on any atom is 0.120 e. The molecule has 1 aromatic rings. The fourth-order valence-electron chi connectivity index (χ4n) is 3.01. The summed E-state index contributed by atoms with van der Waals surface area (Å²) >= 11 is 0. The predicted octanol–water partition coefficient (Wildman–Crippen LogP) is 1.86. The Morgan fingerprint density at radius 1 is 1.47 bits per heavy atom. The van der Waals surface area contributed by atoms with Crippen molar-refractivity contribution in [2.45, 2.75) is 44.9 Å². The zero-order valence-electron chi connectivity index (χ0n) is 11.6. The standard InChI is InChI=1S/C15H21N3O/c1-10-12(7-13(8-16)18(10)2)9-17-14-5-6-19-15(14)11-3-4-11/h7,11,14-15,17H,3-6,9H2,1-2H3. The molecule has 1 aliphatic heterocycles. The van der Waals surface area contributed by atoms with Gasteiger partial charge in [0.1, 0.15) is 11.8 Å². The third kappa shape index (κ3) is 2.41. The van der Waals surface area contributed by atoms with Gasteiger partial charge >= 0.3 is 0 Å². The summed E-state index contributed by atoms with van der Waals surface area (Å²) in [6.45, 7) is 3.79. The maximum absolute atomic E-state index is 9.05. The minimum Gasteiger partial charge on any atom is -0.376 e. The predicted molar refractivity (Wildman–Crippen MR) is 72.6 cm³/mol. The van der Waals surface area contributed by atoms with Crippen LogP contribution in [0.15, 0.2) is 6.07 Å². The van der Waals surface area contributed by atoms with Crippen molar-refractivity contribution in [3.63, 3.8) is 0 Å². The van der Waals surface area contributed by atoms with Crippen LogP contribution in [0.5, 0.6) is 0 Å². The van der Waals surface area contributed by atoms with Crippen molar-refractivity contribution in [3.05, 3.63) is 23.0 Å². The molecule has 0 radical (unpaired) electrons. The largest absolute Gasteiger partial charge is 0.376 e. The summed E-state index contributed by atoms with van der Waals surface area (Å²) in [5, 5.41) is 12.7. The molecule has 1 aromatic heterocycles. The molecule has 19 heavy (non-hydrogen) atoms. The average molecular weight is 259 g/mol. The van der Waals surface area contributed by atoms with E-state index in [2.05, 4.69) is 18.3 Å². The maximum atomic E-state index is 9.05. The van der Waals surface area contributed by atoms with Gasteiger partial charge in [-0.05, 0) is 43.7 Å². The zero-order valence-corrected chi connectivity index (χ0v) is 11.6. The number of hydrogen-bond donors (Lipinski definition) is 1. The molecule has 0 amide bonds. The molecule has 4 heteroatoms. The lowest BCUT2D eigenvalue weighted by Crippen LogP contribution is -2.37. The van der Waals surface area contributed by atoms with Crippen LogP contribution in [0, 0.1) is 24.2 Å². The number of nitrogens with one attached hydrogen (secondary N) is 1. The van der Waals surface area contributed by atoms with E-state index in [9.17, 15) is 0 Å². The lowest BCUT2D eigenvalue weighted by Gasteiger charge is -2.19. The minimum atomic E-state index is 0.416. The normalized spacial score (nSPS) is 26.6. The molecule has 3 rings (SSSR count). The summed E-state index contributed by atoms with van der Waals surface area (Å²) in [5.74, 6) is 0.784. The van der Waals surface area contributed by atoms with Crippen LogP contribution in [-0.4, -0.2) is 23.3 Å². The topological polar surface area (TPSA) is 50.0 Å². The molecular weight excluding hydrogens is 238 g/mol. The summed E-state index contributed by atoms with van der Waals surface area (Å²) in [4.78, 5) is 0.